The number of benzene rings is 2. The van der Waals surface area contributed by atoms with Crippen LogP contribution in [0.4, 0.5) is 4.39 Å². The average molecular weight is 432 g/mol. The minimum atomic E-state index is -0.443. The summed E-state index contributed by atoms with van der Waals surface area (Å²) in [6, 6.07) is 8.62. The molecule has 2 aliphatic rings. The van der Waals surface area contributed by atoms with Crippen LogP contribution in [0.3, 0.4) is 0 Å². The third-order valence-corrected chi connectivity index (χ3v) is 5.64. The molecule has 0 radical (unpaired) electrons. The fraction of sp³-hybridized carbons (Fsp3) is 0.208. The van der Waals surface area contributed by atoms with Gasteiger partial charge >= 0.3 is 0 Å². The van der Waals surface area contributed by atoms with Crippen LogP contribution >= 0.6 is 0 Å². The standard InChI is InChI=1S/C24H21FN4O3/c25-20-11-16(14-3-7-30-8-4-14)10-18-19(13-31-24(26)27)17-9-15(21-12-28-5-6-29-21)1-2-22(17)32-23(18)20/h1-3,5-6,9-12,19H,4,7-8,13H2,(H3,26,27). The van der Waals surface area contributed by atoms with Crippen molar-refractivity contribution in [2.75, 3.05) is 19.8 Å². The second-order valence-electron chi connectivity index (χ2n) is 7.60. The van der Waals surface area contributed by atoms with Crippen molar-refractivity contribution in [3.63, 3.8) is 0 Å². The third kappa shape index (κ3) is 3.80. The van der Waals surface area contributed by atoms with Crippen LogP contribution in [0.25, 0.3) is 16.8 Å². The van der Waals surface area contributed by atoms with Crippen LogP contribution in [-0.4, -0.2) is 35.8 Å². The van der Waals surface area contributed by atoms with Gasteiger partial charge in [-0.2, -0.15) is 0 Å². The first kappa shape index (κ1) is 20.1. The van der Waals surface area contributed by atoms with Crippen LogP contribution < -0.4 is 10.5 Å². The minimum absolute atomic E-state index is 0.0771. The van der Waals surface area contributed by atoms with Gasteiger partial charge in [0, 0.05) is 29.1 Å². The van der Waals surface area contributed by atoms with Gasteiger partial charge in [-0.15, -0.1) is 0 Å². The Morgan fingerprint density at radius 1 is 1.19 bits per heavy atom. The number of amidine groups is 1. The third-order valence-electron chi connectivity index (χ3n) is 5.64. The van der Waals surface area contributed by atoms with E-state index in [-0.39, 0.29) is 18.3 Å². The topological polar surface area (TPSA) is 103 Å². The summed E-state index contributed by atoms with van der Waals surface area (Å²) >= 11 is 0. The molecule has 3 heterocycles. The summed E-state index contributed by atoms with van der Waals surface area (Å²) in [5.74, 6) is -0.136. The number of nitrogens with zero attached hydrogens (tertiary/aromatic N) is 2. The summed E-state index contributed by atoms with van der Waals surface area (Å²) in [4.78, 5) is 8.50. The fourth-order valence-corrected chi connectivity index (χ4v) is 4.11. The predicted molar refractivity (Wildman–Crippen MR) is 117 cm³/mol. The number of rotatable bonds is 4. The summed E-state index contributed by atoms with van der Waals surface area (Å²) in [6.45, 7) is 1.18. The molecule has 1 unspecified atom stereocenters. The van der Waals surface area contributed by atoms with E-state index in [9.17, 15) is 0 Å². The molecule has 0 saturated carbocycles. The van der Waals surface area contributed by atoms with E-state index in [4.69, 9.17) is 25.4 Å². The average Bonchev–Trinajstić information content (AvgIpc) is 2.83. The molecule has 0 saturated heterocycles. The van der Waals surface area contributed by atoms with Crippen molar-refractivity contribution in [2.24, 2.45) is 5.73 Å². The summed E-state index contributed by atoms with van der Waals surface area (Å²) in [7, 11) is 0. The first-order chi connectivity index (χ1) is 15.6. The van der Waals surface area contributed by atoms with E-state index >= 15 is 4.39 Å². The molecular formula is C24H21FN4O3. The second kappa shape index (κ2) is 8.39. The maximum absolute atomic E-state index is 15.2. The zero-order valence-corrected chi connectivity index (χ0v) is 17.2. The number of aromatic nitrogens is 2. The van der Waals surface area contributed by atoms with Crippen LogP contribution in [0.15, 0.2) is 55.0 Å². The Labute approximate surface area is 184 Å². The summed E-state index contributed by atoms with van der Waals surface area (Å²) in [5, 5.41) is 7.51. The van der Waals surface area contributed by atoms with Crippen LogP contribution in [0.2, 0.25) is 0 Å². The lowest BCUT2D eigenvalue weighted by Gasteiger charge is -2.29. The van der Waals surface area contributed by atoms with Crippen LogP contribution in [0, 0.1) is 11.2 Å². The van der Waals surface area contributed by atoms with Gasteiger partial charge in [-0.05, 0) is 47.9 Å². The molecule has 162 valence electrons. The Kier molecular flexibility index (Phi) is 5.28. The number of hydrogen-bond acceptors (Lipinski definition) is 6. The number of ether oxygens (including phenoxy) is 3. The number of nitrogens with two attached hydrogens (primary N) is 1. The summed E-state index contributed by atoms with van der Waals surface area (Å²) in [6.07, 6.45) is 7.59. The molecular weight excluding hydrogens is 411 g/mol. The van der Waals surface area contributed by atoms with Gasteiger partial charge in [0.15, 0.2) is 11.6 Å². The van der Waals surface area contributed by atoms with Crippen molar-refractivity contribution in [1.29, 1.82) is 5.41 Å². The van der Waals surface area contributed by atoms with E-state index in [1.54, 1.807) is 24.7 Å². The Morgan fingerprint density at radius 3 is 2.81 bits per heavy atom. The smallest absolute Gasteiger partial charge is 0.279 e. The number of hydrogen-bond donors (Lipinski definition) is 2. The molecule has 3 N–H and O–H groups in total. The van der Waals surface area contributed by atoms with Crippen molar-refractivity contribution < 1.29 is 18.6 Å². The fourth-order valence-electron chi connectivity index (χ4n) is 4.11. The van der Waals surface area contributed by atoms with Crippen LogP contribution in [0.5, 0.6) is 11.5 Å². The van der Waals surface area contributed by atoms with Gasteiger partial charge in [0.1, 0.15) is 12.4 Å². The van der Waals surface area contributed by atoms with E-state index in [1.165, 1.54) is 6.07 Å². The van der Waals surface area contributed by atoms with Gasteiger partial charge in [-0.3, -0.25) is 15.4 Å². The van der Waals surface area contributed by atoms with Gasteiger partial charge in [0.25, 0.3) is 6.02 Å². The lowest BCUT2D eigenvalue weighted by atomic mass is 9.85. The lowest BCUT2D eigenvalue weighted by Crippen LogP contribution is -2.22. The minimum Gasteiger partial charge on any atom is -0.465 e. The van der Waals surface area contributed by atoms with Crippen molar-refractivity contribution in [3.05, 3.63) is 77.5 Å². The van der Waals surface area contributed by atoms with Gasteiger partial charge in [0.05, 0.1) is 31.0 Å². The Morgan fingerprint density at radius 2 is 2.06 bits per heavy atom. The normalized spacial score (nSPS) is 16.9. The molecule has 2 aliphatic heterocycles. The summed E-state index contributed by atoms with van der Waals surface area (Å²) < 4.78 is 31.9. The number of nitrogens with one attached hydrogen (secondary N) is 1. The molecule has 1 atom stereocenters. The van der Waals surface area contributed by atoms with Gasteiger partial charge in [-0.1, -0.05) is 6.08 Å². The van der Waals surface area contributed by atoms with Crippen molar-refractivity contribution >= 4 is 11.6 Å². The maximum atomic E-state index is 15.2. The molecule has 5 rings (SSSR count). The van der Waals surface area contributed by atoms with E-state index < -0.39 is 11.8 Å². The van der Waals surface area contributed by atoms with E-state index in [0.29, 0.717) is 36.6 Å². The molecule has 2 aromatic carbocycles. The molecule has 0 amide bonds. The zero-order valence-electron chi connectivity index (χ0n) is 17.2. The molecule has 32 heavy (non-hydrogen) atoms. The molecule has 0 bridgehead atoms. The highest BCUT2D eigenvalue weighted by molar-refractivity contribution is 5.71. The molecule has 3 aromatic rings. The molecule has 7 nitrogen and oxygen atoms in total. The largest absolute Gasteiger partial charge is 0.465 e. The Balaban J connectivity index is 1.62. The molecule has 0 fully saturated rings. The molecule has 0 aliphatic carbocycles. The lowest BCUT2D eigenvalue weighted by molar-refractivity contribution is 0.161. The highest BCUT2D eigenvalue weighted by Gasteiger charge is 2.32. The van der Waals surface area contributed by atoms with Crippen molar-refractivity contribution in [2.45, 2.75) is 12.3 Å². The van der Waals surface area contributed by atoms with E-state index in [0.717, 1.165) is 22.3 Å². The Bertz CT molecular complexity index is 1210. The highest BCUT2D eigenvalue weighted by Crippen LogP contribution is 2.47. The maximum Gasteiger partial charge on any atom is 0.279 e. The van der Waals surface area contributed by atoms with Gasteiger partial charge < -0.3 is 19.9 Å². The molecule has 8 heteroatoms. The van der Waals surface area contributed by atoms with Crippen LogP contribution in [0.1, 0.15) is 29.0 Å². The highest BCUT2D eigenvalue weighted by atomic mass is 19.1. The number of halogens is 1. The van der Waals surface area contributed by atoms with Crippen molar-refractivity contribution in [3.8, 4) is 22.8 Å². The summed E-state index contributed by atoms with van der Waals surface area (Å²) in [5.41, 5.74) is 10.3. The second-order valence-corrected chi connectivity index (χ2v) is 7.60. The van der Waals surface area contributed by atoms with Crippen LogP contribution in [-0.2, 0) is 9.47 Å². The molecule has 1 aromatic heterocycles. The Hall–Kier alpha value is -3.78. The van der Waals surface area contributed by atoms with E-state index in [1.807, 2.05) is 24.3 Å². The SMILES string of the molecule is N=C(N)OCC1c2cc(-c3cnccn3)ccc2Oc2c(F)cc(C3=CCOCC3)cc21. The first-order valence-electron chi connectivity index (χ1n) is 10.3. The zero-order chi connectivity index (χ0) is 22.1. The predicted octanol–water partition coefficient (Wildman–Crippen LogP) is 4.23. The van der Waals surface area contributed by atoms with Crippen molar-refractivity contribution in [1.82, 2.24) is 9.97 Å². The van der Waals surface area contributed by atoms with Gasteiger partial charge in [0.2, 0.25) is 0 Å². The number of fused-ring (bicyclic) bond motifs is 2. The van der Waals surface area contributed by atoms with Gasteiger partial charge in [-0.25, -0.2) is 4.39 Å². The van der Waals surface area contributed by atoms with E-state index in [2.05, 4.69) is 9.97 Å². The monoisotopic (exact) mass is 432 g/mol. The molecule has 0 spiro atoms. The first-order valence-corrected chi connectivity index (χ1v) is 10.3. The quantitative estimate of drug-likeness (QED) is 0.472.